The van der Waals surface area contributed by atoms with Crippen LogP contribution in [-0.2, 0) is 12.2 Å². The largest absolute Gasteiger partial charge is 0.373 e. The standard InChI is InChI=1S/C14H16FN3S/c1-3-10-8-13(16-2)18-14(17-10)9-19-12-7-5-4-6-11(12)15/h4-8H,3,9H2,1-2H3,(H,16,17,18). The van der Waals surface area contributed by atoms with Crippen LogP contribution in [0.3, 0.4) is 0 Å². The number of hydrogen-bond acceptors (Lipinski definition) is 4. The van der Waals surface area contributed by atoms with Crippen molar-refractivity contribution in [3.05, 3.63) is 47.7 Å². The van der Waals surface area contributed by atoms with Gasteiger partial charge in [0.15, 0.2) is 0 Å². The van der Waals surface area contributed by atoms with E-state index in [0.717, 1.165) is 23.8 Å². The Hall–Kier alpha value is -1.62. The van der Waals surface area contributed by atoms with Crippen LogP contribution in [0.2, 0.25) is 0 Å². The summed E-state index contributed by atoms with van der Waals surface area (Å²) in [5.41, 5.74) is 0.989. The van der Waals surface area contributed by atoms with E-state index in [4.69, 9.17) is 0 Å². The molecule has 0 aliphatic rings. The number of halogens is 1. The van der Waals surface area contributed by atoms with E-state index in [-0.39, 0.29) is 5.82 Å². The van der Waals surface area contributed by atoms with Crippen molar-refractivity contribution in [1.82, 2.24) is 9.97 Å². The highest BCUT2D eigenvalue weighted by atomic mass is 32.2. The molecule has 1 aromatic heterocycles. The highest BCUT2D eigenvalue weighted by Crippen LogP contribution is 2.24. The molecule has 0 fully saturated rings. The summed E-state index contributed by atoms with van der Waals surface area (Å²) in [6.07, 6.45) is 0.856. The van der Waals surface area contributed by atoms with E-state index in [2.05, 4.69) is 22.2 Å². The number of nitrogens with zero attached hydrogens (tertiary/aromatic N) is 2. The number of nitrogens with one attached hydrogen (secondary N) is 1. The highest BCUT2D eigenvalue weighted by Gasteiger charge is 2.06. The lowest BCUT2D eigenvalue weighted by Crippen LogP contribution is -2.02. The summed E-state index contributed by atoms with van der Waals surface area (Å²) in [7, 11) is 1.83. The molecule has 0 bridgehead atoms. The Balaban J connectivity index is 2.13. The Morgan fingerprint density at radius 2 is 2.05 bits per heavy atom. The molecular formula is C14H16FN3S. The molecule has 0 radical (unpaired) electrons. The molecule has 3 nitrogen and oxygen atoms in total. The van der Waals surface area contributed by atoms with Crippen LogP contribution >= 0.6 is 11.8 Å². The maximum Gasteiger partial charge on any atom is 0.141 e. The normalized spacial score (nSPS) is 10.5. The predicted octanol–water partition coefficient (Wildman–Crippen LogP) is 3.51. The number of aryl methyl sites for hydroxylation is 1. The second kappa shape index (κ2) is 6.52. The molecule has 2 aromatic rings. The van der Waals surface area contributed by atoms with Gasteiger partial charge in [0.2, 0.25) is 0 Å². The lowest BCUT2D eigenvalue weighted by atomic mass is 10.3. The van der Waals surface area contributed by atoms with E-state index < -0.39 is 0 Å². The van der Waals surface area contributed by atoms with Gasteiger partial charge < -0.3 is 5.32 Å². The minimum absolute atomic E-state index is 0.201. The van der Waals surface area contributed by atoms with Crippen LogP contribution in [0.25, 0.3) is 0 Å². The summed E-state index contributed by atoms with van der Waals surface area (Å²) in [4.78, 5) is 9.45. The first-order valence-electron chi connectivity index (χ1n) is 6.15. The number of rotatable bonds is 5. The van der Waals surface area contributed by atoms with Gasteiger partial charge in [-0.25, -0.2) is 14.4 Å². The third kappa shape index (κ3) is 3.67. The topological polar surface area (TPSA) is 37.8 Å². The monoisotopic (exact) mass is 277 g/mol. The van der Waals surface area contributed by atoms with Crippen LogP contribution in [-0.4, -0.2) is 17.0 Å². The molecule has 0 atom stereocenters. The van der Waals surface area contributed by atoms with Gasteiger partial charge in [0.05, 0.1) is 5.75 Å². The summed E-state index contributed by atoms with van der Waals surface area (Å²) in [6.45, 7) is 2.05. The molecule has 0 aliphatic heterocycles. The maximum absolute atomic E-state index is 13.5. The van der Waals surface area contributed by atoms with Crippen molar-refractivity contribution in [2.24, 2.45) is 0 Å². The number of benzene rings is 1. The van der Waals surface area contributed by atoms with Crippen LogP contribution in [0.1, 0.15) is 18.4 Å². The van der Waals surface area contributed by atoms with Crippen molar-refractivity contribution in [2.75, 3.05) is 12.4 Å². The Bertz CT molecular complexity index is 538. The number of aromatic nitrogens is 2. The fraction of sp³-hybridized carbons (Fsp3) is 0.286. The lowest BCUT2D eigenvalue weighted by Gasteiger charge is -2.07. The summed E-state index contributed by atoms with van der Waals surface area (Å²) < 4.78 is 13.5. The zero-order valence-electron chi connectivity index (χ0n) is 11.0. The third-order valence-corrected chi connectivity index (χ3v) is 3.68. The van der Waals surface area contributed by atoms with Gasteiger partial charge in [0, 0.05) is 23.7 Å². The van der Waals surface area contributed by atoms with Crippen LogP contribution in [0, 0.1) is 5.82 Å². The van der Waals surface area contributed by atoms with Crippen LogP contribution in [0.5, 0.6) is 0 Å². The number of hydrogen-bond donors (Lipinski definition) is 1. The molecule has 2 rings (SSSR count). The first-order chi connectivity index (χ1) is 9.22. The van der Waals surface area contributed by atoms with Crippen molar-refractivity contribution in [3.8, 4) is 0 Å². The van der Waals surface area contributed by atoms with Crippen molar-refractivity contribution >= 4 is 17.6 Å². The van der Waals surface area contributed by atoms with Gasteiger partial charge in [-0.15, -0.1) is 11.8 Å². The molecule has 0 unspecified atom stereocenters. The molecule has 0 amide bonds. The quantitative estimate of drug-likeness (QED) is 0.849. The first-order valence-corrected chi connectivity index (χ1v) is 7.13. The third-order valence-electron chi connectivity index (χ3n) is 2.64. The molecular weight excluding hydrogens is 261 g/mol. The lowest BCUT2D eigenvalue weighted by molar-refractivity contribution is 0.602. The van der Waals surface area contributed by atoms with Gasteiger partial charge in [-0.1, -0.05) is 19.1 Å². The van der Waals surface area contributed by atoms with E-state index in [0.29, 0.717) is 10.6 Å². The van der Waals surface area contributed by atoms with Crippen molar-refractivity contribution in [1.29, 1.82) is 0 Å². The van der Waals surface area contributed by atoms with E-state index >= 15 is 0 Å². The SMILES string of the molecule is CCc1cc(NC)nc(CSc2ccccc2F)n1. The molecule has 0 aliphatic carbocycles. The van der Waals surface area contributed by atoms with Crippen molar-refractivity contribution in [3.63, 3.8) is 0 Å². The zero-order valence-corrected chi connectivity index (χ0v) is 11.8. The molecule has 0 saturated heterocycles. The average Bonchev–Trinajstić information content (AvgIpc) is 2.46. The van der Waals surface area contributed by atoms with Gasteiger partial charge in [-0.3, -0.25) is 0 Å². The Kier molecular flexibility index (Phi) is 4.74. The summed E-state index contributed by atoms with van der Waals surface area (Å²) in [5, 5.41) is 3.02. The molecule has 1 heterocycles. The summed E-state index contributed by atoms with van der Waals surface area (Å²) in [5.74, 6) is 1.88. The Labute approximate surface area is 116 Å². The van der Waals surface area contributed by atoms with E-state index in [1.54, 1.807) is 12.1 Å². The van der Waals surface area contributed by atoms with Crippen LogP contribution < -0.4 is 5.32 Å². The second-order valence-electron chi connectivity index (χ2n) is 3.98. The maximum atomic E-state index is 13.5. The molecule has 100 valence electrons. The summed E-state index contributed by atoms with van der Waals surface area (Å²) in [6, 6.07) is 8.67. The molecule has 5 heteroatoms. The van der Waals surface area contributed by atoms with Gasteiger partial charge in [-0.05, 0) is 18.6 Å². The van der Waals surface area contributed by atoms with E-state index in [1.807, 2.05) is 19.2 Å². The molecule has 1 N–H and O–H groups in total. The van der Waals surface area contributed by atoms with Gasteiger partial charge in [0.1, 0.15) is 17.5 Å². The Morgan fingerprint density at radius 3 is 2.74 bits per heavy atom. The fourth-order valence-electron chi connectivity index (χ4n) is 1.63. The van der Waals surface area contributed by atoms with E-state index in [1.165, 1.54) is 17.8 Å². The number of anilines is 1. The minimum atomic E-state index is -0.201. The van der Waals surface area contributed by atoms with Gasteiger partial charge in [-0.2, -0.15) is 0 Å². The van der Waals surface area contributed by atoms with Gasteiger partial charge >= 0.3 is 0 Å². The first kappa shape index (κ1) is 13.8. The zero-order chi connectivity index (χ0) is 13.7. The highest BCUT2D eigenvalue weighted by molar-refractivity contribution is 7.98. The smallest absolute Gasteiger partial charge is 0.141 e. The summed E-state index contributed by atoms with van der Waals surface area (Å²) >= 11 is 1.41. The van der Waals surface area contributed by atoms with Crippen molar-refractivity contribution in [2.45, 2.75) is 24.0 Å². The molecule has 19 heavy (non-hydrogen) atoms. The average molecular weight is 277 g/mol. The number of thioether (sulfide) groups is 1. The Morgan fingerprint density at radius 1 is 1.26 bits per heavy atom. The van der Waals surface area contributed by atoms with E-state index in [9.17, 15) is 4.39 Å². The predicted molar refractivity (Wildman–Crippen MR) is 76.9 cm³/mol. The van der Waals surface area contributed by atoms with Crippen LogP contribution in [0.15, 0.2) is 35.2 Å². The van der Waals surface area contributed by atoms with Gasteiger partial charge in [0.25, 0.3) is 0 Å². The second-order valence-corrected chi connectivity index (χ2v) is 5.00. The fourth-order valence-corrected chi connectivity index (χ4v) is 2.42. The molecule has 0 saturated carbocycles. The van der Waals surface area contributed by atoms with Crippen molar-refractivity contribution < 1.29 is 4.39 Å². The minimum Gasteiger partial charge on any atom is -0.373 e. The molecule has 1 aromatic carbocycles. The van der Waals surface area contributed by atoms with Crippen LogP contribution in [0.4, 0.5) is 10.2 Å². The molecule has 0 spiro atoms.